The maximum Gasteiger partial charge on any atom is 0.416 e. The number of nitrogens with one attached hydrogen (secondary N) is 1. The third-order valence-corrected chi connectivity index (χ3v) is 7.43. The lowest BCUT2D eigenvalue weighted by molar-refractivity contribution is -0.137. The molecule has 0 radical (unpaired) electrons. The molecule has 7 nitrogen and oxygen atoms in total. The molecule has 1 N–H and O–H groups in total. The van der Waals surface area contributed by atoms with Gasteiger partial charge in [0, 0.05) is 37.5 Å². The fourth-order valence-electron chi connectivity index (χ4n) is 4.44. The van der Waals surface area contributed by atoms with Crippen molar-refractivity contribution >= 4 is 34.7 Å². The van der Waals surface area contributed by atoms with Gasteiger partial charge in [-0.1, -0.05) is 6.08 Å². The molecule has 2 aromatic rings. The number of hydrogen-bond donors (Lipinski definition) is 1. The first-order valence-corrected chi connectivity index (χ1v) is 12.9. The smallest absolute Gasteiger partial charge is 0.416 e. The predicted molar refractivity (Wildman–Crippen MR) is 133 cm³/mol. The molecule has 0 atom stereocenters. The molecule has 2 aliphatic heterocycles. The molecule has 0 unspecified atom stereocenters. The van der Waals surface area contributed by atoms with Crippen molar-refractivity contribution in [1.29, 1.82) is 0 Å². The lowest BCUT2D eigenvalue weighted by Crippen LogP contribution is -2.38. The Morgan fingerprint density at radius 3 is 2.58 bits per heavy atom. The van der Waals surface area contributed by atoms with E-state index in [0.29, 0.717) is 44.6 Å². The van der Waals surface area contributed by atoms with E-state index >= 15 is 0 Å². The number of rotatable bonds is 7. The van der Waals surface area contributed by atoms with Crippen LogP contribution >= 0.6 is 11.3 Å². The van der Waals surface area contributed by atoms with Crippen LogP contribution in [0.3, 0.4) is 0 Å². The van der Waals surface area contributed by atoms with Crippen molar-refractivity contribution in [2.75, 3.05) is 43.0 Å². The summed E-state index contributed by atoms with van der Waals surface area (Å²) in [6, 6.07) is 3.46. The quantitative estimate of drug-likeness (QED) is 0.362. The van der Waals surface area contributed by atoms with Crippen LogP contribution in [0.4, 0.5) is 29.3 Å². The number of piperidine rings is 1. The van der Waals surface area contributed by atoms with Gasteiger partial charge in [0.25, 0.3) is 5.91 Å². The summed E-state index contributed by atoms with van der Waals surface area (Å²) < 4.78 is 45.2. The third kappa shape index (κ3) is 6.18. The number of hydrogen-bond acceptors (Lipinski definition) is 6. The van der Waals surface area contributed by atoms with Crippen LogP contribution in [0, 0.1) is 0 Å². The molecular weight excluding hydrogens is 493 g/mol. The first kappa shape index (κ1) is 26.0. The van der Waals surface area contributed by atoms with E-state index in [4.69, 9.17) is 4.74 Å². The van der Waals surface area contributed by atoms with Gasteiger partial charge in [0.15, 0.2) is 0 Å². The zero-order chi connectivity index (χ0) is 25.7. The van der Waals surface area contributed by atoms with Gasteiger partial charge >= 0.3 is 12.3 Å². The van der Waals surface area contributed by atoms with Crippen molar-refractivity contribution in [3.8, 4) is 0 Å². The Kier molecular flexibility index (Phi) is 8.17. The molecule has 1 aromatic carbocycles. The number of likely N-dealkylation sites (tertiary alicyclic amines) is 1. The molecule has 3 heterocycles. The Labute approximate surface area is 211 Å². The van der Waals surface area contributed by atoms with Crippen LogP contribution in [0.5, 0.6) is 0 Å². The van der Waals surface area contributed by atoms with Crippen LogP contribution in [0.1, 0.15) is 59.1 Å². The second-order valence-corrected chi connectivity index (χ2v) is 9.79. The van der Waals surface area contributed by atoms with Crippen molar-refractivity contribution in [3.05, 3.63) is 52.5 Å². The molecule has 36 heavy (non-hydrogen) atoms. The second-order valence-electron chi connectivity index (χ2n) is 8.90. The largest absolute Gasteiger partial charge is 0.449 e. The number of nitrogens with zero attached hydrogens (tertiary/aromatic N) is 3. The highest BCUT2D eigenvalue weighted by Crippen LogP contribution is 2.37. The Hall–Kier alpha value is -3.08. The van der Waals surface area contributed by atoms with Gasteiger partial charge in [-0.15, -0.1) is 17.9 Å². The van der Waals surface area contributed by atoms with Crippen molar-refractivity contribution in [2.24, 2.45) is 0 Å². The third-order valence-electron chi connectivity index (χ3n) is 6.42. The summed E-state index contributed by atoms with van der Waals surface area (Å²) in [7, 11) is 0. The van der Waals surface area contributed by atoms with Gasteiger partial charge in [-0.05, 0) is 50.3 Å². The Balaban J connectivity index is 1.41. The molecule has 2 amide bonds. The second kappa shape index (κ2) is 11.3. The maximum absolute atomic E-state index is 13.3. The van der Waals surface area contributed by atoms with Gasteiger partial charge in [-0.3, -0.25) is 4.79 Å². The zero-order valence-electron chi connectivity index (χ0n) is 19.9. The van der Waals surface area contributed by atoms with Crippen LogP contribution in [-0.2, 0) is 10.9 Å². The molecule has 2 saturated heterocycles. The van der Waals surface area contributed by atoms with Crippen LogP contribution in [-0.4, -0.2) is 54.7 Å². The van der Waals surface area contributed by atoms with Gasteiger partial charge in [-0.25, -0.2) is 9.78 Å². The number of anilines is 2. The van der Waals surface area contributed by atoms with E-state index in [2.05, 4.69) is 16.9 Å². The summed E-state index contributed by atoms with van der Waals surface area (Å²) in [5.74, 6) is -0.442. The number of carbonyl (C=O) groups is 2. The highest BCUT2D eigenvalue weighted by Gasteiger charge is 2.32. The van der Waals surface area contributed by atoms with Gasteiger partial charge in [0.1, 0.15) is 5.69 Å². The zero-order valence-corrected chi connectivity index (χ0v) is 20.7. The molecule has 0 aliphatic carbocycles. The summed E-state index contributed by atoms with van der Waals surface area (Å²) in [5, 5.41) is 5.08. The summed E-state index contributed by atoms with van der Waals surface area (Å²) >= 11 is 1.35. The lowest BCUT2D eigenvalue weighted by Gasteiger charge is -2.30. The summed E-state index contributed by atoms with van der Waals surface area (Å²) in [5.41, 5.74) is 0.0757. The first-order valence-electron chi connectivity index (χ1n) is 12.0. The first-order chi connectivity index (χ1) is 17.3. The van der Waals surface area contributed by atoms with E-state index < -0.39 is 17.6 Å². The van der Waals surface area contributed by atoms with Gasteiger partial charge in [0.05, 0.1) is 28.6 Å². The SMILES string of the molecule is C=CCCOC(=O)N1CCC(c2nc(C(=O)Nc3cc(C(F)(F)F)ccc3N3CCCC3)cs2)CC1. The topological polar surface area (TPSA) is 74.8 Å². The van der Waals surface area contributed by atoms with E-state index in [1.165, 1.54) is 17.4 Å². The van der Waals surface area contributed by atoms with Crippen molar-refractivity contribution in [2.45, 2.75) is 44.2 Å². The average Bonchev–Trinajstić information content (AvgIpc) is 3.56. The van der Waals surface area contributed by atoms with Crippen LogP contribution in [0.15, 0.2) is 36.2 Å². The Morgan fingerprint density at radius 1 is 1.19 bits per heavy atom. The monoisotopic (exact) mass is 522 g/mol. The van der Waals surface area contributed by atoms with E-state index in [1.54, 1.807) is 16.4 Å². The molecule has 11 heteroatoms. The fourth-order valence-corrected chi connectivity index (χ4v) is 5.41. The predicted octanol–water partition coefficient (Wildman–Crippen LogP) is 5.91. The Morgan fingerprint density at radius 2 is 1.92 bits per heavy atom. The summed E-state index contributed by atoms with van der Waals surface area (Å²) in [6.07, 6.45) is 0.732. The molecule has 0 bridgehead atoms. The molecule has 0 spiro atoms. The number of ether oxygens (including phenoxy) is 1. The molecule has 1 aromatic heterocycles. The summed E-state index contributed by atoms with van der Waals surface area (Å²) in [4.78, 5) is 33.2. The number of halogens is 3. The number of amides is 2. The van der Waals surface area contributed by atoms with E-state index in [-0.39, 0.29) is 23.4 Å². The molecular formula is C25H29F3N4O3S. The molecule has 2 fully saturated rings. The van der Waals surface area contributed by atoms with Crippen molar-refractivity contribution < 1.29 is 27.5 Å². The minimum Gasteiger partial charge on any atom is -0.449 e. The number of aromatic nitrogens is 1. The standard InChI is InChI=1S/C25H29F3N4O3S/c1-2-3-14-35-24(34)32-12-8-17(9-13-32)23-30-20(16-36-23)22(33)29-19-15-18(25(26,27)28)6-7-21(19)31-10-4-5-11-31/h2,6-7,15-17H,1,3-5,8-14H2,(H,29,33). The lowest BCUT2D eigenvalue weighted by atomic mass is 9.98. The number of carbonyl (C=O) groups excluding carboxylic acids is 2. The number of alkyl halides is 3. The molecule has 4 rings (SSSR count). The highest BCUT2D eigenvalue weighted by molar-refractivity contribution is 7.10. The van der Waals surface area contributed by atoms with E-state index in [9.17, 15) is 22.8 Å². The molecule has 0 saturated carbocycles. The minimum atomic E-state index is -4.51. The van der Waals surface area contributed by atoms with Gasteiger partial charge in [-0.2, -0.15) is 13.2 Å². The Bertz CT molecular complexity index is 1090. The van der Waals surface area contributed by atoms with Gasteiger partial charge < -0.3 is 19.9 Å². The average molecular weight is 523 g/mol. The van der Waals surface area contributed by atoms with Gasteiger partial charge in [0.2, 0.25) is 0 Å². The van der Waals surface area contributed by atoms with E-state index in [1.807, 2.05) is 4.90 Å². The normalized spacial score (nSPS) is 16.8. The summed E-state index contributed by atoms with van der Waals surface area (Å²) in [6.45, 7) is 6.43. The van der Waals surface area contributed by atoms with Crippen LogP contribution < -0.4 is 10.2 Å². The molecule has 194 valence electrons. The van der Waals surface area contributed by atoms with Crippen LogP contribution in [0.2, 0.25) is 0 Å². The minimum absolute atomic E-state index is 0.0995. The number of thiazole rings is 1. The fraction of sp³-hybridized carbons (Fsp3) is 0.480. The number of benzene rings is 1. The van der Waals surface area contributed by atoms with E-state index in [0.717, 1.165) is 43.1 Å². The highest BCUT2D eigenvalue weighted by atomic mass is 32.1. The van der Waals surface area contributed by atoms with Crippen LogP contribution in [0.25, 0.3) is 0 Å². The maximum atomic E-state index is 13.3. The molecule has 2 aliphatic rings. The van der Waals surface area contributed by atoms with Crippen molar-refractivity contribution in [1.82, 2.24) is 9.88 Å². The van der Waals surface area contributed by atoms with Crippen molar-refractivity contribution in [3.63, 3.8) is 0 Å².